The van der Waals surface area contributed by atoms with Crippen molar-refractivity contribution < 1.29 is 89.4 Å². The number of carbonyl (C=O) groups is 1. The fourth-order valence-corrected chi connectivity index (χ4v) is 10.3. The Kier molecular flexibility index (Phi) is 39.4. The predicted molar refractivity (Wildman–Crippen MR) is 300 cm³/mol. The van der Waals surface area contributed by atoms with E-state index in [0.717, 1.165) is 51.4 Å². The number of rotatable bonds is 45. The van der Waals surface area contributed by atoms with Crippen molar-refractivity contribution in [2.45, 2.75) is 311 Å². The highest BCUT2D eigenvalue weighted by atomic mass is 16.8. The minimum absolute atomic E-state index is 0.231. The van der Waals surface area contributed by atoms with Gasteiger partial charge in [-0.15, -0.1) is 0 Å². The van der Waals surface area contributed by atoms with E-state index in [9.17, 15) is 61.0 Å². The second-order valence-corrected chi connectivity index (χ2v) is 22.2. The van der Waals surface area contributed by atoms with E-state index in [2.05, 4.69) is 43.5 Å². The lowest BCUT2D eigenvalue weighted by atomic mass is 9.96. The van der Waals surface area contributed by atoms with Gasteiger partial charge >= 0.3 is 0 Å². The van der Waals surface area contributed by atoms with E-state index in [1.165, 1.54) is 122 Å². The highest BCUT2D eigenvalue weighted by Crippen LogP contribution is 2.33. The Hall–Kier alpha value is -1.99. The van der Waals surface area contributed by atoms with E-state index in [1.54, 1.807) is 6.08 Å². The molecule has 0 aromatic heterocycles. The summed E-state index contributed by atoms with van der Waals surface area (Å²) in [5.74, 6) is -0.291. The van der Waals surface area contributed by atoms with Gasteiger partial charge in [0.25, 0.3) is 0 Å². The van der Waals surface area contributed by atoms with Gasteiger partial charge in [0, 0.05) is 6.42 Å². The second kappa shape index (κ2) is 43.6. The summed E-state index contributed by atoms with van der Waals surface area (Å²) in [5, 5.41) is 120. The van der Waals surface area contributed by atoms with E-state index >= 15 is 0 Å². The monoisotopic (exact) mass is 1130 g/mol. The molecule has 462 valence electrons. The Labute approximate surface area is 472 Å². The van der Waals surface area contributed by atoms with Crippen LogP contribution in [0, 0.1) is 0 Å². The third kappa shape index (κ3) is 27.5. The summed E-state index contributed by atoms with van der Waals surface area (Å²) in [6.07, 6.45) is 19.8. The summed E-state index contributed by atoms with van der Waals surface area (Å²) in [4.78, 5) is 13.3. The maximum atomic E-state index is 13.3. The van der Waals surface area contributed by atoms with Crippen LogP contribution in [0.5, 0.6) is 0 Å². The molecule has 19 heteroatoms. The Morgan fingerprint density at radius 2 is 0.810 bits per heavy atom. The normalized spacial score (nSPS) is 30.5. The largest absolute Gasteiger partial charge is 0.394 e. The van der Waals surface area contributed by atoms with E-state index in [1.807, 2.05) is 6.08 Å². The van der Waals surface area contributed by atoms with Crippen LogP contribution in [0.1, 0.15) is 206 Å². The number of carbonyl (C=O) groups excluding carboxylic acids is 1. The molecule has 0 bridgehead atoms. The molecule has 0 aromatic carbocycles. The smallest absolute Gasteiger partial charge is 0.220 e. The zero-order valence-corrected chi connectivity index (χ0v) is 48.1. The number of ether oxygens (including phenoxy) is 6. The van der Waals surface area contributed by atoms with E-state index in [-0.39, 0.29) is 18.9 Å². The van der Waals surface area contributed by atoms with Gasteiger partial charge in [-0.2, -0.15) is 0 Å². The van der Waals surface area contributed by atoms with Crippen molar-refractivity contribution in [2.24, 2.45) is 0 Å². The summed E-state index contributed by atoms with van der Waals surface area (Å²) in [5.41, 5.74) is 0. The molecular weight excluding hydrogens is 1020 g/mol. The molecule has 3 heterocycles. The molecule has 19 nitrogen and oxygen atoms in total. The highest BCUT2D eigenvalue weighted by Gasteiger charge is 2.53. The van der Waals surface area contributed by atoms with Gasteiger partial charge in [0.1, 0.15) is 73.2 Å². The van der Waals surface area contributed by atoms with Crippen molar-refractivity contribution in [1.29, 1.82) is 0 Å². The number of hydrogen-bond donors (Lipinski definition) is 12. The summed E-state index contributed by atoms with van der Waals surface area (Å²) < 4.78 is 34.2. The Morgan fingerprint density at radius 1 is 0.443 bits per heavy atom. The lowest BCUT2D eigenvalue weighted by molar-refractivity contribution is -0.379. The van der Waals surface area contributed by atoms with Crippen LogP contribution in [0.15, 0.2) is 36.5 Å². The number of allylic oxidation sites excluding steroid dienone is 5. The zero-order valence-electron chi connectivity index (χ0n) is 48.1. The predicted octanol–water partition coefficient (Wildman–Crippen LogP) is 5.71. The minimum Gasteiger partial charge on any atom is -0.394 e. The summed E-state index contributed by atoms with van der Waals surface area (Å²) in [7, 11) is 0. The van der Waals surface area contributed by atoms with Gasteiger partial charge in [-0.25, -0.2) is 0 Å². The average molecular weight is 1130 g/mol. The van der Waals surface area contributed by atoms with Crippen LogP contribution in [-0.4, -0.2) is 193 Å². The molecule has 17 atom stereocenters. The van der Waals surface area contributed by atoms with Crippen LogP contribution in [0.25, 0.3) is 0 Å². The first-order chi connectivity index (χ1) is 38.3. The number of nitrogens with one attached hydrogen (secondary N) is 1. The number of unbranched alkanes of at least 4 members (excludes halogenated alkanes) is 25. The first-order valence-electron chi connectivity index (χ1n) is 30.7. The van der Waals surface area contributed by atoms with Gasteiger partial charge < -0.3 is 89.9 Å². The third-order valence-corrected chi connectivity index (χ3v) is 15.4. The molecule has 79 heavy (non-hydrogen) atoms. The van der Waals surface area contributed by atoms with Gasteiger partial charge in [-0.3, -0.25) is 4.79 Å². The molecule has 0 aliphatic carbocycles. The number of hydrogen-bond acceptors (Lipinski definition) is 18. The maximum Gasteiger partial charge on any atom is 0.220 e. The summed E-state index contributed by atoms with van der Waals surface area (Å²) in [6.45, 7) is 1.69. The van der Waals surface area contributed by atoms with Gasteiger partial charge in [-0.05, 0) is 57.8 Å². The topological polar surface area (TPSA) is 307 Å². The Bertz CT molecular complexity index is 1590. The summed E-state index contributed by atoms with van der Waals surface area (Å²) in [6, 6.07) is -0.990. The van der Waals surface area contributed by atoms with Crippen LogP contribution in [0.2, 0.25) is 0 Å². The molecule has 3 fully saturated rings. The number of aliphatic hydroxyl groups is 11. The van der Waals surface area contributed by atoms with Gasteiger partial charge in [0.2, 0.25) is 5.91 Å². The molecule has 3 aliphatic heterocycles. The van der Waals surface area contributed by atoms with Gasteiger partial charge in [-0.1, -0.05) is 179 Å². The SMILES string of the molecule is CCCCCCCC/C=C\CCCCCCCCCC(=O)NC(COC1OC(CO)C(OC2OC(CO)C(OC3OC(CO)C(O)C(O)C3O)C(O)C2O)C(O)C1O)C(O)/C=C/CC/C=C/CCCCCCCCCCCCC. The summed E-state index contributed by atoms with van der Waals surface area (Å²) >= 11 is 0. The first-order valence-corrected chi connectivity index (χ1v) is 30.7. The van der Waals surface area contributed by atoms with Crippen molar-refractivity contribution in [1.82, 2.24) is 5.32 Å². The molecule has 3 rings (SSSR count). The van der Waals surface area contributed by atoms with E-state index in [4.69, 9.17) is 28.4 Å². The van der Waals surface area contributed by atoms with Crippen molar-refractivity contribution >= 4 is 5.91 Å². The van der Waals surface area contributed by atoms with Crippen LogP contribution >= 0.6 is 0 Å². The average Bonchev–Trinajstić information content (AvgIpc) is 3.54. The molecule has 0 radical (unpaired) electrons. The maximum absolute atomic E-state index is 13.3. The standard InChI is InChI=1S/C60H109NO18/c1-3-5-7-9-11-13-15-17-19-21-23-25-27-29-31-33-35-37-44(65)43(61-48(66)38-36-34-32-30-28-26-24-22-20-18-16-14-12-10-8-6-4-2)42-74-58-54(72)51(69)56(46(40-63)76-58)79-60-55(73)52(70)57(47(41-64)77-60)78-59-53(71)50(68)49(67)45(39-62)75-59/h18,20,27,29,35,37,43-47,49-60,62-65,67-73H,3-17,19,21-26,28,30-34,36,38-42H2,1-2H3,(H,61,66)/b20-18-,29-27+,37-35+. The lowest BCUT2D eigenvalue weighted by Gasteiger charge is -2.48. The lowest BCUT2D eigenvalue weighted by Crippen LogP contribution is -2.66. The molecule has 0 saturated carbocycles. The van der Waals surface area contributed by atoms with Gasteiger partial charge in [0.05, 0.1) is 38.6 Å². The van der Waals surface area contributed by atoms with Crippen LogP contribution < -0.4 is 5.32 Å². The highest BCUT2D eigenvalue weighted by molar-refractivity contribution is 5.76. The van der Waals surface area contributed by atoms with Crippen molar-refractivity contribution in [3.05, 3.63) is 36.5 Å². The minimum atomic E-state index is -1.98. The fourth-order valence-electron chi connectivity index (χ4n) is 10.3. The quantitative estimate of drug-likeness (QED) is 0.0257. The molecule has 0 spiro atoms. The Balaban J connectivity index is 1.52. The molecular formula is C60H109NO18. The number of amides is 1. The van der Waals surface area contributed by atoms with Gasteiger partial charge in [0.15, 0.2) is 18.9 Å². The van der Waals surface area contributed by atoms with Crippen LogP contribution in [-0.2, 0) is 33.2 Å². The van der Waals surface area contributed by atoms with Crippen LogP contribution in [0.4, 0.5) is 0 Å². The second-order valence-electron chi connectivity index (χ2n) is 22.2. The molecule has 0 aromatic rings. The van der Waals surface area contributed by atoms with Crippen molar-refractivity contribution in [3.63, 3.8) is 0 Å². The fraction of sp³-hybridized carbons (Fsp3) is 0.883. The van der Waals surface area contributed by atoms with Crippen LogP contribution in [0.3, 0.4) is 0 Å². The molecule has 1 amide bonds. The Morgan fingerprint density at radius 3 is 1.27 bits per heavy atom. The number of aliphatic hydroxyl groups excluding tert-OH is 11. The molecule has 3 aliphatic rings. The van der Waals surface area contributed by atoms with Crippen molar-refractivity contribution in [2.75, 3.05) is 26.4 Å². The van der Waals surface area contributed by atoms with Crippen molar-refractivity contribution in [3.8, 4) is 0 Å². The third-order valence-electron chi connectivity index (χ3n) is 15.4. The first kappa shape index (κ1) is 71.3. The molecule has 17 unspecified atom stereocenters. The zero-order chi connectivity index (χ0) is 57.6. The molecule has 3 saturated heterocycles. The van der Waals surface area contributed by atoms with E-state index in [0.29, 0.717) is 12.8 Å². The molecule has 12 N–H and O–H groups in total. The van der Waals surface area contributed by atoms with E-state index < -0.39 is 124 Å².